The van der Waals surface area contributed by atoms with Crippen molar-refractivity contribution in [2.75, 3.05) is 31.8 Å². The topological polar surface area (TPSA) is 18.5 Å². The van der Waals surface area contributed by atoms with Crippen molar-refractivity contribution >= 4 is 11.8 Å². The molecule has 0 aromatic rings. The second kappa shape index (κ2) is 8.37. The molecule has 0 aliphatic rings. The summed E-state index contributed by atoms with van der Waals surface area (Å²) in [5.41, 5.74) is 0. The van der Waals surface area contributed by atoms with Crippen molar-refractivity contribution in [2.24, 2.45) is 0 Å². The third kappa shape index (κ3) is 10.3. The molecule has 0 atom stereocenters. The fourth-order valence-electron chi connectivity index (χ4n) is 0.587. The van der Waals surface area contributed by atoms with Gasteiger partial charge in [0.15, 0.2) is 0 Å². The summed E-state index contributed by atoms with van der Waals surface area (Å²) < 4.78 is 10.6. The molecule has 68 valence electrons. The van der Waals surface area contributed by atoms with E-state index < -0.39 is 0 Å². The van der Waals surface area contributed by atoms with E-state index in [1.54, 1.807) is 11.8 Å². The second-order valence-electron chi connectivity index (χ2n) is 2.52. The van der Waals surface area contributed by atoms with E-state index >= 15 is 0 Å². The van der Waals surface area contributed by atoms with Crippen LogP contribution in [0.3, 0.4) is 0 Å². The largest absolute Gasteiger partial charge is 0.378 e. The van der Waals surface area contributed by atoms with Gasteiger partial charge in [0.2, 0.25) is 0 Å². The van der Waals surface area contributed by atoms with Gasteiger partial charge in [-0.25, -0.2) is 0 Å². The third-order valence-electron chi connectivity index (χ3n) is 1.11. The van der Waals surface area contributed by atoms with Gasteiger partial charge in [0.1, 0.15) is 0 Å². The van der Waals surface area contributed by atoms with Crippen LogP contribution >= 0.6 is 11.8 Å². The van der Waals surface area contributed by atoms with Gasteiger partial charge in [-0.15, -0.1) is 0 Å². The molecule has 0 heterocycles. The number of hydrogen-bond donors (Lipinski definition) is 0. The van der Waals surface area contributed by atoms with Crippen LogP contribution in [0.4, 0.5) is 0 Å². The Kier molecular flexibility index (Phi) is 8.57. The fraction of sp³-hybridized carbons (Fsp3) is 1.00. The molecule has 0 rings (SSSR count). The van der Waals surface area contributed by atoms with E-state index in [0.29, 0.717) is 12.7 Å². The lowest BCUT2D eigenvalue weighted by atomic mass is 10.5. The monoisotopic (exact) mass is 178 g/mol. The van der Waals surface area contributed by atoms with E-state index in [9.17, 15) is 0 Å². The smallest absolute Gasteiger partial charge is 0.0703 e. The molecule has 0 saturated heterocycles. The minimum Gasteiger partial charge on any atom is -0.378 e. The maximum absolute atomic E-state index is 5.29. The number of thioether (sulfide) groups is 1. The summed E-state index contributed by atoms with van der Waals surface area (Å²) in [5, 5.41) is 0. The summed E-state index contributed by atoms with van der Waals surface area (Å²) in [7, 11) is 0. The van der Waals surface area contributed by atoms with Gasteiger partial charge in [0, 0.05) is 5.75 Å². The number of hydrogen-bond acceptors (Lipinski definition) is 3. The zero-order chi connectivity index (χ0) is 8.53. The summed E-state index contributed by atoms with van der Waals surface area (Å²) >= 11 is 1.80. The Hall–Kier alpha value is 0.270. The van der Waals surface area contributed by atoms with Crippen LogP contribution in [0.1, 0.15) is 13.8 Å². The molecule has 0 fully saturated rings. The van der Waals surface area contributed by atoms with Gasteiger partial charge in [-0.1, -0.05) is 0 Å². The average Bonchev–Trinajstić information content (AvgIpc) is 1.96. The molecular formula is C8H18O2S. The van der Waals surface area contributed by atoms with Crippen LogP contribution in [0.15, 0.2) is 0 Å². The lowest BCUT2D eigenvalue weighted by Crippen LogP contribution is -2.10. The van der Waals surface area contributed by atoms with E-state index in [0.717, 1.165) is 19.0 Å². The van der Waals surface area contributed by atoms with E-state index in [1.165, 1.54) is 0 Å². The Balaban J connectivity index is 2.80. The molecule has 0 radical (unpaired) electrons. The fourth-order valence-corrected chi connectivity index (χ4v) is 0.872. The normalized spacial score (nSPS) is 10.9. The van der Waals surface area contributed by atoms with Crippen molar-refractivity contribution in [3.63, 3.8) is 0 Å². The highest BCUT2D eigenvalue weighted by Gasteiger charge is 1.92. The maximum Gasteiger partial charge on any atom is 0.0703 e. The molecule has 0 N–H and O–H groups in total. The lowest BCUT2D eigenvalue weighted by Gasteiger charge is -2.07. The van der Waals surface area contributed by atoms with Crippen molar-refractivity contribution in [3.05, 3.63) is 0 Å². The minimum atomic E-state index is 0.319. The van der Waals surface area contributed by atoms with Crippen molar-refractivity contribution in [1.82, 2.24) is 0 Å². The highest BCUT2D eigenvalue weighted by atomic mass is 32.2. The molecular weight excluding hydrogens is 160 g/mol. The quantitative estimate of drug-likeness (QED) is 0.554. The van der Waals surface area contributed by atoms with Crippen LogP contribution in [0, 0.1) is 0 Å². The second-order valence-corrected chi connectivity index (χ2v) is 3.51. The first-order valence-corrected chi connectivity index (χ1v) is 5.35. The van der Waals surface area contributed by atoms with Gasteiger partial charge >= 0.3 is 0 Å². The van der Waals surface area contributed by atoms with E-state index in [-0.39, 0.29) is 0 Å². The number of rotatable bonds is 7. The molecule has 2 nitrogen and oxygen atoms in total. The average molecular weight is 178 g/mol. The highest BCUT2D eigenvalue weighted by molar-refractivity contribution is 7.98. The summed E-state index contributed by atoms with van der Waals surface area (Å²) in [6.07, 6.45) is 2.40. The Morgan fingerprint density at radius 2 is 1.91 bits per heavy atom. The molecule has 3 heteroatoms. The van der Waals surface area contributed by atoms with E-state index in [1.807, 2.05) is 13.8 Å². The van der Waals surface area contributed by atoms with Gasteiger partial charge in [0.25, 0.3) is 0 Å². The van der Waals surface area contributed by atoms with Gasteiger partial charge in [0.05, 0.1) is 25.9 Å². The predicted octanol–water partition coefficient (Wildman–Crippen LogP) is 1.79. The summed E-state index contributed by atoms with van der Waals surface area (Å²) in [4.78, 5) is 0. The SMILES string of the molecule is CSCCOCCOC(C)C. The van der Waals surface area contributed by atoms with Crippen LogP contribution in [0.5, 0.6) is 0 Å². The van der Waals surface area contributed by atoms with Gasteiger partial charge < -0.3 is 9.47 Å². The van der Waals surface area contributed by atoms with Gasteiger partial charge in [-0.05, 0) is 20.1 Å². The van der Waals surface area contributed by atoms with Gasteiger partial charge in [-0.3, -0.25) is 0 Å². The Labute approximate surface area is 73.6 Å². The van der Waals surface area contributed by atoms with Crippen molar-refractivity contribution in [3.8, 4) is 0 Å². The van der Waals surface area contributed by atoms with Crippen LogP contribution in [-0.4, -0.2) is 37.9 Å². The summed E-state index contributed by atoms with van der Waals surface area (Å²) in [6.45, 7) is 6.33. The standard InChI is InChI=1S/C8H18O2S/c1-8(2)10-5-4-9-6-7-11-3/h8H,4-7H2,1-3H3. The lowest BCUT2D eigenvalue weighted by molar-refractivity contribution is 0.0237. The predicted molar refractivity (Wildman–Crippen MR) is 50.3 cm³/mol. The molecule has 0 aliphatic heterocycles. The van der Waals surface area contributed by atoms with Crippen LogP contribution < -0.4 is 0 Å². The first kappa shape index (κ1) is 11.3. The van der Waals surface area contributed by atoms with Crippen LogP contribution in [0.25, 0.3) is 0 Å². The zero-order valence-electron chi connectivity index (χ0n) is 7.63. The Morgan fingerprint density at radius 1 is 1.18 bits per heavy atom. The zero-order valence-corrected chi connectivity index (χ0v) is 8.45. The van der Waals surface area contributed by atoms with E-state index in [2.05, 4.69) is 6.26 Å². The van der Waals surface area contributed by atoms with Gasteiger partial charge in [-0.2, -0.15) is 11.8 Å². The summed E-state index contributed by atoms with van der Waals surface area (Å²) in [5.74, 6) is 1.07. The maximum atomic E-state index is 5.29. The minimum absolute atomic E-state index is 0.319. The molecule has 0 aromatic carbocycles. The molecule has 0 aliphatic carbocycles. The third-order valence-corrected chi connectivity index (χ3v) is 1.69. The molecule has 0 amide bonds. The van der Waals surface area contributed by atoms with Crippen molar-refractivity contribution < 1.29 is 9.47 Å². The molecule has 0 saturated carbocycles. The van der Waals surface area contributed by atoms with Crippen molar-refractivity contribution in [2.45, 2.75) is 20.0 Å². The van der Waals surface area contributed by atoms with E-state index in [4.69, 9.17) is 9.47 Å². The first-order chi connectivity index (χ1) is 5.27. The van der Waals surface area contributed by atoms with Crippen LogP contribution in [-0.2, 0) is 9.47 Å². The highest BCUT2D eigenvalue weighted by Crippen LogP contribution is 1.91. The first-order valence-electron chi connectivity index (χ1n) is 3.95. The summed E-state index contributed by atoms with van der Waals surface area (Å²) in [6, 6.07) is 0. The molecule has 0 spiro atoms. The van der Waals surface area contributed by atoms with Crippen molar-refractivity contribution in [1.29, 1.82) is 0 Å². The Bertz CT molecular complexity index is 76.5. The molecule has 0 aromatic heterocycles. The number of ether oxygens (including phenoxy) is 2. The molecule has 0 unspecified atom stereocenters. The molecule has 11 heavy (non-hydrogen) atoms. The molecule has 0 bridgehead atoms. The Morgan fingerprint density at radius 3 is 2.45 bits per heavy atom. The van der Waals surface area contributed by atoms with Crippen LogP contribution in [0.2, 0.25) is 0 Å².